The van der Waals surface area contributed by atoms with Gasteiger partial charge >= 0.3 is 5.97 Å². The Balaban J connectivity index is 2.25. The van der Waals surface area contributed by atoms with Gasteiger partial charge in [-0.1, -0.05) is 0 Å². The molecule has 2 amide bonds. The first-order valence-electron chi connectivity index (χ1n) is 8.00. The lowest BCUT2D eigenvalue weighted by molar-refractivity contribution is -0.141. The standard InChI is InChI=1S/C17H22N2O7S/c1-23-11-6-5-10(15(25-3)16(11)26-4)17-19(13(21)9-27-17)8-12(20)18-7-14(22)24-2/h5-6,17H,7-9H2,1-4H3,(H,18,20). The maximum atomic E-state index is 12.3. The largest absolute Gasteiger partial charge is 0.493 e. The maximum Gasteiger partial charge on any atom is 0.325 e. The Bertz CT molecular complexity index is 725. The SMILES string of the molecule is COC(=O)CNC(=O)CN1C(=O)CSC1c1ccc(OC)c(OC)c1OC. The second kappa shape index (κ2) is 9.36. The monoisotopic (exact) mass is 398 g/mol. The Morgan fingerprint density at radius 2 is 1.85 bits per heavy atom. The number of hydrogen-bond acceptors (Lipinski definition) is 8. The highest BCUT2D eigenvalue weighted by molar-refractivity contribution is 8.00. The summed E-state index contributed by atoms with van der Waals surface area (Å²) in [6.45, 7) is -0.445. The third-order valence-corrected chi connectivity index (χ3v) is 5.18. The first-order valence-corrected chi connectivity index (χ1v) is 9.05. The molecule has 0 aliphatic carbocycles. The van der Waals surface area contributed by atoms with E-state index >= 15 is 0 Å². The van der Waals surface area contributed by atoms with E-state index in [0.717, 1.165) is 0 Å². The number of benzene rings is 1. The van der Waals surface area contributed by atoms with Crippen molar-refractivity contribution in [3.05, 3.63) is 17.7 Å². The summed E-state index contributed by atoms with van der Waals surface area (Å²) in [5.41, 5.74) is 0.687. The Hall–Kier alpha value is -2.62. The number of methoxy groups -OCH3 is 4. The van der Waals surface area contributed by atoms with Crippen LogP contribution in [0.25, 0.3) is 0 Å². The molecule has 0 bridgehead atoms. The molecule has 9 nitrogen and oxygen atoms in total. The first-order chi connectivity index (χ1) is 13.0. The third kappa shape index (κ3) is 4.57. The van der Waals surface area contributed by atoms with Gasteiger partial charge in [-0.15, -0.1) is 11.8 Å². The van der Waals surface area contributed by atoms with Crippen LogP contribution in [0.3, 0.4) is 0 Å². The number of rotatable bonds is 8. The molecule has 2 rings (SSSR count). The molecule has 1 aromatic carbocycles. The molecule has 0 radical (unpaired) electrons. The zero-order chi connectivity index (χ0) is 20.0. The van der Waals surface area contributed by atoms with E-state index in [1.807, 2.05) is 0 Å². The molecule has 0 spiro atoms. The number of hydrogen-bond donors (Lipinski definition) is 1. The summed E-state index contributed by atoms with van der Waals surface area (Å²) in [7, 11) is 5.74. The second-order valence-electron chi connectivity index (χ2n) is 5.46. The molecule has 1 aromatic rings. The zero-order valence-corrected chi connectivity index (χ0v) is 16.4. The predicted octanol–water partition coefficient (Wildman–Crippen LogP) is 0.576. The van der Waals surface area contributed by atoms with Crippen molar-refractivity contribution in [3.63, 3.8) is 0 Å². The highest BCUT2D eigenvalue weighted by atomic mass is 32.2. The summed E-state index contributed by atoms with van der Waals surface area (Å²) in [5, 5.41) is 2.00. The van der Waals surface area contributed by atoms with Gasteiger partial charge in [0.25, 0.3) is 0 Å². The summed E-state index contributed by atoms with van der Waals surface area (Å²) in [6.07, 6.45) is 0. The Morgan fingerprint density at radius 1 is 1.15 bits per heavy atom. The minimum atomic E-state index is -0.566. The molecule has 0 saturated carbocycles. The van der Waals surface area contributed by atoms with E-state index in [9.17, 15) is 14.4 Å². The number of thioether (sulfide) groups is 1. The molecule has 148 valence electrons. The van der Waals surface area contributed by atoms with Gasteiger partial charge < -0.3 is 29.2 Å². The van der Waals surface area contributed by atoms with E-state index in [-0.39, 0.29) is 24.7 Å². The van der Waals surface area contributed by atoms with Gasteiger partial charge in [0.05, 0.1) is 34.2 Å². The van der Waals surface area contributed by atoms with Gasteiger partial charge in [-0.3, -0.25) is 14.4 Å². The number of nitrogens with zero attached hydrogens (tertiary/aromatic N) is 1. The van der Waals surface area contributed by atoms with Crippen LogP contribution in [-0.4, -0.2) is 70.0 Å². The van der Waals surface area contributed by atoms with Crippen molar-refractivity contribution < 1.29 is 33.3 Å². The van der Waals surface area contributed by atoms with Crippen LogP contribution in [0.5, 0.6) is 17.2 Å². The molecule has 1 heterocycles. The fraction of sp³-hybridized carbons (Fsp3) is 0.471. The number of amides is 2. The maximum absolute atomic E-state index is 12.3. The minimum Gasteiger partial charge on any atom is -0.493 e. The number of carbonyl (C=O) groups is 3. The molecule has 1 saturated heterocycles. The summed E-state index contributed by atoms with van der Waals surface area (Å²) >= 11 is 1.37. The molecule has 1 atom stereocenters. The number of esters is 1. The molecule has 10 heteroatoms. The minimum absolute atomic E-state index is 0.185. The predicted molar refractivity (Wildman–Crippen MR) is 98.0 cm³/mol. The molecule has 1 unspecified atom stereocenters. The molecule has 0 aromatic heterocycles. The van der Waals surface area contributed by atoms with E-state index in [4.69, 9.17) is 14.2 Å². The normalized spacial score (nSPS) is 16.1. The van der Waals surface area contributed by atoms with Crippen molar-refractivity contribution in [2.24, 2.45) is 0 Å². The van der Waals surface area contributed by atoms with Crippen LogP contribution >= 0.6 is 11.8 Å². The van der Waals surface area contributed by atoms with Gasteiger partial charge in [0, 0.05) is 5.56 Å². The lowest BCUT2D eigenvalue weighted by atomic mass is 10.1. The van der Waals surface area contributed by atoms with Crippen molar-refractivity contribution in [2.75, 3.05) is 47.3 Å². The highest BCUT2D eigenvalue weighted by Gasteiger charge is 2.37. The quantitative estimate of drug-likeness (QED) is 0.634. The Morgan fingerprint density at radius 3 is 2.44 bits per heavy atom. The van der Waals surface area contributed by atoms with E-state index in [0.29, 0.717) is 22.8 Å². The van der Waals surface area contributed by atoms with Crippen LogP contribution < -0.4 is 19.5 Å². The van der Waals surface area contributed by atoms with Crippen molar-refractivity contribution in [1.82, 2.24) is 10.2 Å². The van der Waals surface area contributed by atoms with E-state index in [1.165, 1.54) is 45.1 Å². The highest BCUT2D eigenvalue weighted by Crippen LogP contribution is 2.48. The van der Waals surface area contributed by atoms with Crippen LogP contribution in [-0.2, 0) is 19.1 Å². The lowest BCUT2D eigenvalue weighted by Gasteiger charge is -2.26. The Labute approximate surface area is 161 Å². The van der Waals surface area contributed by atoms with Gasteiger partial charge in [-0.25, -0.2) is 0 Å². The van der Waals surface area contributed by atoms with Crippen LogP contribution in [0.4, 0.5) is 0 Å². The first kappa shape index (κ1) is 20.7. The van der Waals surface area contributed by atoms with Crippen molar-refractivity contribution in [2.45, 2.75) is 5.37 Å². The van der Waals surface area contributed by atoms with Gasteiger partial charge in [-0.05, 0) is 12.1 Å². The number of nitrogens with one attached hydrogen (secondary N) is 1. The van der Waals surface area contributed by atoms with Gasteiger partial charge in [0.2, 0.25) is 17.6 Å². The average molecular weight is 398 g/mol. The fourth-order valence-corrected chi connectivity index (χ4v) is 3.86. The molecular weight excluding hydrogens is 376 g/mol. The van der Waals surface area contributed by atoms with Gasteiger partial charge in [0.1, 0.15) is 18.5 Å². The molecule has 27 heavy (non-hydrogen) atoms. The topological polar surface area (TPSA) is 103 Å². The van der Waals surface area contributed by atoms with E-state index in [1.54, 1.807) is 12.1 Å². The molecule has 1 aliphatic rings. The molecule has 1 fully saturated rings. The number of carbonyl (C=O) groups excluding carboxylic acids is 3. The second-order valence-corrected chi connectivity index (χ2v) is 6.53. The summed E-state index contributed by atoms with van der Waals surface area (Å²) in [5.74, 6) is 0.359. The van der Waals surface area contributed by atoms with Crippen molar-refractivity contribution in [1.29, 1.82) is 0 Å². The van der Waals surface area contributed by atoms with Crippen molar-refractivity contribution in [3.8, 4) is 17.2 Å². The summed E-state index contributed by atoms with van der Waals surface area (Å²) < 4.78 is 20.6. The van der Waals surface area contributed by atoms with Gasteiger partial charge in [0.15, 0.2) is 11.5 Å². The third-order valence-electron chi connectivity index (χ3n) is 3.94. The zero-order valence-electron chi connectivity index (χ0n) is 15.6. The van der Waals surface area contributed by atoms with Crippen LogP contribution in [0.2, 0.25) is 0 Å². The summed E-state index contributed by atoms with van der Waals surface area (Å²) in [4.78, 5) is 37.0. The number of ether oxygens (including phenoxy) is 4. The van der Waals surface area contributed by atoms with Crippen LogP contribution in [0, 0.1) is 0 Å². The fourth-order valence-electron chi connectivity index (χ4n) is 2.66. The van der Waals surface area contributed by atoms with E-state index in [2.05, 4.69) is 10.1 Å². The molecule has 1 N–H and O–H groups in total. The van der Waals surface area contributed by atoms with Crippen molar-refractivity contribution >= 4 is 29.5 Å². The smallest absolute Gasteiger partial charge is 0.325 e. The van der Waals surface area contributed by atoms with Crippen LogP contribution in [0.15, 0.2) is 12.1 Å². The van der Waals surface area contributed by atoms with Gasteiger partial charge in [-0.2, -0.15) is 0 Å². The Kier molecular flexibility index (Phi) is 7.17. The average Bonchev–Trinajstić information content (AvgIpc) is 3.04. The lowest BCUT2D eigenvalue weighted by Crippen LogP contribution is -2.41. The van der Waals surface area contributed by atoms with E-state index < -0.39 is 17.3 Å². The molecular formula is C17H22N2O7S. The molecule has 1 aliphatic heterocycles. The summed E-state index contributed by atoms with van der Waals surface area (Å²) in [6, 6.07) is 3.49. The van der Waals surface area contributed by atoms with Crippen LogP contribution in [0.1, 0.15) is 10.9 Å².